The second-order valence-electron chi connectivity index (χ2n) is 7.07. The van der Waals surface area contributed by atoms with E-state index in [1.54, 1.807) is 18.6 Å². The van der Waals surface area contributed by atoms with E-state index < -0.39 is 5.97 Å². The van der Waals surface area contributed by atoms with Crippen LogP contribution in [0.4, 0.5) is 0 Å². The number of aryl methyl sites for hydroxylation is 1. The number of hydrogen-bond acceptors (Lipinski definition) is 6. The van der Waals surface area contributed by atoms with Gasteiger partial charge in [-0.15, -0.1) is 0 Å². The Morgan fingerprint density at radius 1 is 1.21 bits per heavy atom. The smallest absolute Gasteiger partial charge is 0.341 e. The maximum Gasteiger partial charge on any atom is 0.341 e. The molecule has 1 N–H and O–H groups in total. The van der Waals surface area contributed by atoms with Crippen molar-refractivity contribution in [2.45, 2.75) is 25.4 Å². The fourth-order valence-electron chi connectivity index (χ4n) is 3.82. The molecule has 150 valence electrons. The summed E-state index contributed by atoms with van der Waals surface area (Å²) in [5.74, 6) is 0.410. The topological polar surface area (TPSA) is 93.4 Å². The molecule has 0 aliphatic carbocycles. The van der Waals surface area contributed by atoms with Gasteiger partial charge in [0.05, 0.1) is 11.7 Å². The van der Waals surface area contributed by atoms with Crippen LogP contribution in [0.15, 0.2) is 49.1 Å². The molecule has 0 amide bonds. The van der Waals surface area contributed by atoms with Crippen LogP contribution in [-0.4, -0.2) is 48.6 Å². The molecule has 1 aromatic carbocycles. The molecule has 1 atom stereocenters. The van der Waals surface area contributed by atoms with Crippen LogP contribution in [0.2, 0.25) is 0 Å². The van der Waals surface area contributed by atoms with E-state index in [9.17, 15) is 4.79 Å². The van der Waals surface area contributed by atoms with Crippen LogP contribution in [-0.2, 0) is 18.4 Å². The summed E-state index contributed by atoms with van der Waals surface area (Å²) in [7, 11) is 1.95. The average molecular weight is 393 g/mol. The van der Waals surface area contributed by atoms with E-state index in [4.69, 9.17) is 9.84 Å². The second-order valence-corrected chi connectivity index (χ2v) is 7.07. The molecule has 8 nitrogen and oxygen atoms in total. The van der Waals surface area contributed by atoms with Gasteiger partial charge in [-0.25, -0.2) is 14.8 Å². The summed E-state index contributed by atoms with van der Waals surface area (Å²) in [5.41, 5.74) is 2.68. The lowest BCUT2D eigenvalue weighted by molar-refractivity contribution is -0.139. The number of likely N-dealkylation sites (tertiary alicyclic amines) is 1. The Bertz CT molecular complexity index is 1000. The van der Waals surface area contributed by atoms with Gasteiger partial charge in [-0.05, 0) is 25.5 Å². The van der Waals surface area contributed by atoms with Crippen molar-refractivity contribution in [1.82, 2.24) is 24.4 Å². The van der Waals surface area contributed by atoms with E-state index in [2.05, 4.69) is 19.9 Å². The van der Waals surface area contributed by atoms with E-state index in [0.717, 1.165) is 42.2 Å². The van der Waals surface area contributed by atoms with Gasteiger partial charge in [0.25, 0.3) is 0 Å². The molecule has 1 saturated heterocycles. The Balaban J connectivity index is 1.61. The van der Waals surface area contributed by atoms with Crippen molar-refractivity contribution in [3.8, 4) is 17.3 Å². The number of para-hydroxylation sites is 1. The molecule has 1 aliphatic rings. The number of aromatic nitrogens is 4. The van der Waals surface area contributed by atoms with Crippen LogP contribution < -0.4 is 4.74 Å². The molecule has 8 heteroatoms. The number of imidazole rings is 1. The largest absolute Gasteiger partial charge is 0.482 e. The van der Waals surface area contributed by atoms with E-state index in [1.165, 1.54) is 0 Å². The monoisotopic (exact) mass is 393 g/mol. The normalized spacial score (nSPS) is 16.8. The maximum absolute atomic E-state index is 10.9. The Morgan fingerprint density at radius 3 is 2.83 bits per heavy atom. The number of ether oxygens (including phenoxy) is 1. The number of hydrogen-bond donors (Lipinski definition) is 1. The van der Waals surface area contributed by atoms with Crippen molar-refractivity contribution in [3.05, 3.63) is 60.3 Å². The maximum atomic E-state index is 10.9. The molecule has 4 rings (SSSR count). The minimum atomic E-state index is -0.988. The second kappa shape index (κ2) is 8.40. The number of aliphatic carboxylic acids is 1. The van der Waals surface area contributed by atoms with Crippen molar-refractivity contribution in [3.63, 3.8) is 0 Å². The molecule has 29 heavy (non-hydrogen) atoms. The van der Waals surface area contributed by atoms with Gasteiger partial charge in [-0.1, -0.05) is 18.2 Å². The first-order valence-corrected chi connectivity index (χ1v) is 9.58. The molecule has 0 radical (unpaired) electrons. The van der Waals surface area contributed by atoms with Crippen molar-refractivity contribution < 1.29 is 14.6 Å². The number of carboxylic acids is 1. The molecule has 0 saturated carbocycles. The van der Waals surface area contributed by atoms with Gasteiger partial charge in [-0.3, -0.25) is 9.88 Å². The van der Waals surface area contributed by atoms with E-state index >= 15 is 0 Å². The molecule has 3 aromatic rings. The molecule has 1 fully saturated rings. The summed E-state index contributed by atoms with van der Waals surface area (Å²) >= 11 is 0. The fraction of sp³-hybridized carbons (Fsp3) is 0.333. The number of rotatable bonds is 7. The highest BCUT2D eigenvalue weighted by molar-refractivity contribution is 5.68. The third kappa shape index (κ3) is 4.12. The van der Waals surface area contributed by atoms with Gasteiger partial charge in [0, 0.05) is 43.9 Å². The van der Waals surface area contributed by atoms with Crippen LogP contribution in [0.3, 0.4) is 0 Å². The number of carboxylic acid groups (broad SMARTS) is 1. The lowest BCUT2D eigenvalue weighted by atomic mass is 10.1. The Morgan fingerprint density at radius 2 is 2.03 bits per heavy atom. The average Bonchev–Trinajstić information content (AvgIpc) is 3.36. The quantitative estimate of drug-likeness (QED) is 0.659. The van der Waals surface area contributed by atoms with E-state index in [0.29, 0.717) is 12.3 Å². The Kier molecular flexibility index (Phi) is 5.53. The highest BCUT2D eigenvalue weighted by Crippen LogP contribution is 2.36. The molecule has 2 aromatic heterocycles. The molecular formula is C21H23N5O3. The van der Waals surface area contributed by atoms with Crippen LogP contribution in [0.5, 0.6) is 5.75 Å². The van der Waals surface area contributed by atoms with Crippen LogP contribution in [0, 0.1) is 0 Å². The van der Waals surface area contributed by atoms with Crippen LogP contribution in [0.25, 0.3) is 11.5 Å². The lowest BCUT2D eigenvalue weighted by Gasteiger charge is -2.26. The zero-order valence-electron chi connectivity index (χ0n) is 16.2. The van der Waals surface area contributed by atoms with Gasteiger partial charge in [0.2, 0.25) is 0 Å². The predicted octanol–water partition coefficient (Wildman–Crippen LogP) is 2.68. The van der Waals surface area contributed by atoms with Crippen molar-refractivity contribution in [2.75, 3.05) is 13.2 Å². The summed E-state index contributed by atoms with van der Waals surface area (Å²) in [6.45, 7) is 1.22. The van der Waals surface area contributed by atoms with Gasteiger partial charge in [-0.2, -0.15) is 0 Å². The number of benzene rings is 1. The summed E-state index contributed by atoms with van der Waals surface area (Å²) in [5, 5.41) is 8.93. The zero-order valence-corrected chi connectivity index (χ0v) is 16.2. The van der Waals surface area contributed by atoms with Crippen LogP contribution >= 0.6 is 0 Å². The van der Waals surface area contributed by atoms with Gasteiger partial charge < -0.3 is 14.4 Å². The lowest BCUT2D eigenvalue weighted by Crippen LogP contribution is -2.25. The highest BCUT2D eigenvalue weighted by Gasteiger charge is 2.31. The molecule has 3 heterocycles. The Hall–Kier alpha value is -3.26. The molecule has 0 bridgehead atoms. The van der Waals surface area contributed by atoms with Gasteiger partial charge in [0.15, 0.2) is 12.4 Å². The predicted molar refractivity (Wildman–Crippen MR) is 106 cm³/mol. The zero-order chi connectivity index (χ0) is 20.2. The third-order valence-corrected chi connectivity index (χ3v) is 5.14. The molecule has 0 unspecified atom stereocenters. The van der Waals surface area contributed by atoms with Gasteiger partial charge >= 0.3 is 5.97 Å². The summed E-state index contributed by atoms with van der Waals surface area (Å²) in [4.78, 5) is 26.9. The van der Waals surface area contributed by atoms with E-state index in [1.807, 2.05) is 42.1 Å². The molecule has 1 aliphatic heterocycles. The van der Waals surface area contributed by atoms with Crippen LogP contribution in [0.1, 0.15) is 30.1 Å². The molecule has 0 spiro atoms. The first kappa shape index (κ1) is 19.1. The highest BCUT2D eigenvalue weighted by atomic mass is 16.5. The van der Waals surface area contributed by atoms with Crippen molar-refractivity contribution in [1.29, 1.82) is 0 Å². The Labute approximate surface area is 168 Å². The standard InChI is InChI=1S/C21H23N5O3/c1-25-12-10-24-21(25)20-19(22-8-9-23-20)16-6-4-11-26(16)13-15-5-2-3-7-17(15)29-14-18(27)28/h2-3,5,7-10,12,16H,4,6,11,13-14H2,1H3,(H,27,28)/t16-/m0/s1. The molecular weight excluding hydrogens is 370 g/mol. The number of carbonyl (C=O) groups is 1. The van der Waals surface area contributed by atoms with Crippen molar-refractivity contribution >= 4 is 5.97 Å². The third-order valence-electron chi connectivity index (χ3n) is 5.14. The summed E-state index contributed by atoms with van der Waals surface area (Å²) in [6, 6.07) is 7.69. The van der Waals surface area contributed by atoms with Crippen molar-refractivity contribution in [2.24, 2.45) is 7.05 Å². The van der Waals surface area contributed by atoms with E-state index in [-0.39, 0.29) is 12.6 Å². The number of nitrogens with zero attached hydrogens (tertiary/aromatic N) is 5. The summed E-state index contributed by atoms with van der Waals surface area (Å²) in [6.07, 6.45) is 9.12. The first-order chi connectivity index (χ1) is 14.1. The summed E-state index contributed by atoms with van der Waals surface area (Å²) < 4.78 is 7.43. The van der Waals surface area contributed by atoms with Gasteiger partial charge in [0.1, 0.15) is 11.4 Å². The SMILES string of the molecule is Cn1ccnc1-c1nccnc1[C@@H]1CCCN1Cc1ccccc1OCC(=O)O. The minimum Gasteiger partial charge on any atom is -0.482 e. The fourth-order valence-corrected chi connectivity index (χ4v) is 3.82. The first-order valence-electron chi connectivity index (χ1n) is 9.58. The minimum absolute atomic E-state index is 0.114.